The summed E-state index contributed by atoms with van der Waals surface area (Å²) in [7, 11) is 0. The first-order valence-electron chi connectivity index (χ1n) is 9.56. The largest absolute Gasteiger partial charge is 0.357 e. The van der Waals surface area contributed by atoms with Crippen molar-refractivity contribution in [1.29, 1.82) is 0 Å². The highest BCUT2D eigenvalue weighted by Gasteiger charge is 2.13. The van der Waals surface area contributed by atoms with Crippen LogP contribution >= 0.6 is 0 Å². The van der Waals surface area contributed by atoms with E-state index in [2.05, 4.69) is 46.2 Å². The minimum absolute atomic E-state index is 0.127. The van der Waals surface area contributed by atoms with E-state index in [1.807, 2.05) is 31.2 Å². The lowest BCUT2D eigenvalue weighted by Crippen LogP contribution is -2.29. The number of carbonyl (C=O) groups excluding carboxylic acids is 1. The van der Waals surface area contributed by atoms with Crippen molar-refractivity contribution in [2.24, 2.45) is 0 Å². The van der Waals surface area contributed by atoms with E-state index in [1.165, 1.54) is 5.56 Å². The summed E-state index contributed by atoms with van der Waals surface area (Å²) >= 11 is 0. The van der Waals surface area contributed by atoms with Gasteiger partial charge in [-0.25, -0.2) is 9.97 Å². The van der Waals surface area contributed by atoms with E-state index < -0.39 is 0 Å². The second-order valence-electron chi connectivity index (χ2n) is 6.49. The summed E-state index contributed by atoms with van der Waals surface area (Å²) in [6.07, 6.45) is 3.95. The topological polar surface area (TPSA) is 58.1 Å². The average Bonchev–Trinajstić information content (AvgIpc) is 2.65. The molecule has 0 saturated carbocycles. The number of anilines is 1. The molecule has 1 N–H and O–H groups in total. The van der Waals surface area contributed by atoms with Gasteiger partial charge in [0.25, 0.3) is 5.91 Å². The summed E-state index contributed by atoms with van der Waals surface area (Å²) in [5.41, 5.74) is 1.74. The molecule has 26 heavy (non-hydrogen) atoms. The molecular formula is C21H30N4O. The molecule has 0 atom stereocenters. The lowest BCUT2D eigenvalue weighted by atomic mass is 10.1. The molecule has 0 aliphatic carbocycles. The second kappa shape index (κ2) is 10.5. The molecule has 0 aliphatic rings. The first-order valence-corrected chi connectivity index (χ1v) is 9.56. The van der Waals surface area contributed by atoms with Crippen LogP contribution in [0.3, 0.4) is 0 Å². The van der Waals surface area contributed by atoms with Crippen LogP contribution in [0, 0.1) is 6.92 Å². The number of hydrogen-bond donors (Lipinski definition) is 1. The summed E-state index contributed by atoms with van der Waals surface area (Å²) in [6.45, 7) is 8.64. The summed E-state index contributed by atoms with van der Waals surface area (Å²) in [4.78, 5) is 23.6. The molecule has 0 aliphatic heterocycles. The van der Waals surface area contributed by atoms with Gasteiger partial charge in [0.15, 0.2) is 0 Å². The first-order chi connectivity index (χ1) is 12.6. The molecule has 2 rings (SSSR count). The van der Waals surface area contributed by atoms with E-state index in [0.29, 0.717) is 18.1 Å². The smallest absolute Gasteiger partial charge is 0.270 e. The van der Waals surface area contributed by atoms with Gasteiger partial charge in [0, 0.05) is 25.7 Å². The highest BCUT2D eigenvalue weighted by Crippen LogP contribution is 2.14. The fraction of sp³-hybridized carbons (Fsp3) is 0.476. The SMILES string of the molecule is CCCN(CCC)c1cc(C(=O)NCCCc2ccccc2)nc(C)n1. The van der Waals surface area contributed by atoms with Crippen molar-refractivity contribution >= 4 is 11.7 Å². The molecule has 1 aromatic heterocycles. The van der Waals surface area contributed by atoms with Crippen molar-refractivity contribution in [1.82, 2.24) is 15.3 Å². The zero-order valence-electron chi connectivity index (χ0n) is 16.2. The van der Waals surface area contributed by atoms with Gasteiger partial charge in [-0.05, 0) is 38.2 Å². The number of rotatable bonds is 10. The third-order valence-electron chi connectivity index (χ3n) is 4.14. The van der Waals surface area contributed by atoms with E-state index >= 15 is 0 Å². The summed E-state index contributed by atoms with van der Waals surface area (Å²) < 4.78 is 0. The molecule has 0 bridgehead atoms. The molecule has 0 spiro atoms. The predicted molar refractivity (Wildman–Crippen MR) is 107 cm³/mol. The Kier molecular flexibility index (Phi) is 8.06. The van der Waals surface area contributed by atoms with Crippen LogP contribution in [0.1, 0.15) is 55.0 Å². The van der Waals surface area contributed by atoms with Crippen LogP contribution in [0.5, 0.6) is 0 Å². The van der Waals surface area contributed by atoms with Crippen LogP contribution in [-0.2, 0) is 6.42 Å². The number of aromatic nitrogens is 2. The van der Waals surface area contributed by atoms with Crippen molar-refractivity contribution < 1.29 is 4.79 Å². The number of amides is 1. The van der Waals surface area contributed by atoms with E-state index in [-0.39, 0.29) is 5.91 Å². The molecule has 5 nitrogen and oxygen atoms in total. The Morgan fingerprint density at radius 3 is 2.42 bits per heavy atom. The predicted octanol–water partition coefficient (Wildman–Crippen LogP) is 3.77. The van der Waals surface area contributed by atoms with Crippen molar-refractivity contribution in [2.45, 2.75) is 46.5 Å². The number of hydrogen-bond acceptors (Lipinski definition) is 4. The fourth-order valence-corrected chi connectivity index (χ4v) is 2.94. The lowest BCUT2D eigenvalue weighted by molar-refractivity contribution is 0.0948. The van der Waals surface area contributed by atoms with Crippen LogP contribution in [0.15, 0.2) is 36.4 Å². The number of nitrogens with zero attached hydrogens (tertiary/aromatic N) is 3. The van der Waals surface area contributed by atoms with Crippen LogP contribution in [0.25, 0.3) is 0 Å². The summed E-state index contributed by atoms with van der Waals surface area (Å²) in [6, 6.07) is 12.1. The highest BCUT2D eigenvalue weighted by molar-refractivity contribution is 5.92. The molecule has 0 saturated heterocycles. The Morgan fingerprint density at radius 1 is 1.08 bits per heavy atom. The zero-order chi connectivity index (χ0) is 18.8. The maximum atomic E-state index is 12.5. The minimum atomic E-state index is -0.127. The Morgan fingerprint density at radius 2 is 1.77 bits per heavy atom. The molecule has 1 heterocycles. The average molecular weight is 354 g/mol. The van der Waals surface area contributed by atoms with Gasteiger partial charge in [0.1, 0.15) is 17.3 Å². The molecule has 5 heteroatoms. The molecule has 1 aromatic carbocycles. The maximum Gasteiger partial charge on any atom is 0.270 e. The molecule has 0 unspecified atom stereocenters. The van der Waals surface area contributed by atoms with Gasteiger partial charge < -0.3 is 10.2 Å². The first kappa shape index (κ1) is 19.9. The van der Waals surface area contributed by atoms with E-state index in [9.17, 15) is 4.79 Å². The molecule has 0 fully saturated rings. The number of aryl methyl sites for hydroxylation is 2. The minimum Gasteiger partial charge on any atom is -0.357 e. The van der Waals surface area contributed by atoms with Crippen LogP contribution in [0.2, 0.25) is 0 Å². The number of carbonyl (C=O) groups is 1. The normalized spacial score (nSPS) is 10.6. The van der Waals surface area contributed by atoms with Crippen molar-refractivity contribution in [3.63, 3.8) is 0 Å². The Balaban J connectivity index is 1.95. The van der Waals surface area contributed by atoms with Gasteiger partial charge in [-0.3, -0.25) is 4.79 Å². The van der Waals surface area contributed by atoms with E-state index in [1.54, 1.807) is 0 Å². The number of nitrogens with one attached hydrogen (secondary N) is 1. The Labute approximate surface area is 156 Å². The third kappa shape index (κ3) is 6.14. The quantitative estimate of drug-likeness (QED) is 0.660. The molecular weight excluding hydrogens is 324 g/mol. The lowest BCUT2D eigenvalue weighted by Gasteiger charge is -2.23. The van der Waals surface area contributed by atoms with Crippen LogP contribution in [-0.4, -0.2) is 35.5 Å². The summed E-state index contributed by atoms with van der Waals surface area (Å²) in [5, 5.41) is 2.98. The zero-order valence-corrected chi connectivity index (χ0v) is 16.2. The fourth-order valence-electron chi connectivity index (χ4n) is 2.94. The highest BCUT2D eigenvalue weighted by atomic mass is 16.1. The van der Waals surface area contributed by atoms with Gasteiger partial charge in [-0.15, -0.1) is 0 Å². The molecule has 2 aromatic rings. The van der Waals surface area contributed by atoms with E-state index in [4.69, 9.17) is 0 Å². The van der Waals surface area contributed by atoms with Gasteiger partial charge in [-0.2, -0.15) is 0 Å². The van der Waals surface area contributed by atoms with Crippen LogP contribution < -0.4 is 10.2 Å². The van der Waals surface area contributed by atoms with Gasteiger partial charge in [-0.1, -0.05) is 44.2 Å². The maximum absolute atomic E-state index is 12.5. The van der Waals surface area contributed by atoms with Gasteiger partial charge in [0.05, 0.1) is 0 Å². The monoisotopic (exact) mass is 354 g/mol. The standard InChI is InChI=1S/C21H30N4O/c1-4-14-25(15-5-2)20-16-19(23-17(3)24-20)21(26)22-13-9-12-18-10-7-6-8-11-18/h6-8,10-11,16H,4-5,9,12-15H2,1-3H3,(H,22,26). The summed E-state index contributed by atoms with van der Waals surface area (Å²) in [5.74, 6) is 1.35. The van der Waals surface area contributed by atoms with Gasteiger partial charge >= 0.3 is 0 Å². The molecule has 1 amide bonds. The van der Waals surface area contributed by atoms with Crippen LogP contribution in [0.4, 0.5) is 5.82 Å². The third-order valence-corrected chi connectivity index (χ3v) is 4.14. The van der Waals surface area contributed by atoms with Crippen molar-refractivity contribution in [3.8, 4) is 0 Å². The van der Waals surface area contributed by atoms with E-state index in [0.717, 1.165) is 44.6 Å². The Hall–Kier alpha value is -2.43. The van der Waals surface area contributed by atoms with Gasteiger partial charge in [0.2, 0.25) is 0 Å². The van der Waals surface area contributed by atoms with Crippen molar-refractivity contribution in [3.05, 3.63) is 53.5 Å². The Bertz CT molecular complexity index is 682. The van der Waals surface area contributed by atoms with Crippen molar-refractivity contribution in [2.75, 3.05) is 24.5 Å². The molecule has 0 radical (unpaired) electrons. The molecule has 140 valence electrons. The second-order valence-corrected chi connectivity index (χ2v) is 6.49. The number of benzene rings is 1.